The van der Waals surface area contributed by atoms with Crippen molar-refractivity contribution >= 4 is 11.6 Å². The number of likely N-dealkylation sites (N-methyl/N-ethyl adjacent to an activating group) is 1. The van der Waals surface area contributed by atoms with Gasteiger partial charge >= 0.3 is 0 Å². The molecule has 15 heavy (non-hydrogen) atoms. The van der Waals surface area contributed by atoms with Crippen LogP contribution < -0.4 is 0 Å². The van der Waals surface area contributed by atoms with Gasteiger partial charge in [-0.25, -0.2) is 0 Å². The topological polar surface area (TPSA) is 6.48 Å². The Balaban J connectivity index is 3.94. The molecule has 0 aliphatic rings. The monoisotopic (exact) mass is 234 g/mol. The summed E-state index contributed by atoms with van der Waals surface area (Å²) in [6, 6.07) is 0. The molecule has 0 aromatic heterocycles. The second-order valence-corrected chi connectivity index (χ2v) is 5.52. The molecule has 0 bridgehead atoms. The molecule has 0 aliphatic carbocycles. The van der Waals surface area contributed by atoms with Gasteiger partial charge in [-0.15, -0.1) is 11.6 Å². The van der Waals surface area contributed by atoms with E-state index in [2.05, 4.69) is 44.7 Å². The fraction of sp³-hybridized carbons (Fsp3) is 1.00. The minimum atomic E-state index is 0.590. The van der Waals surface area contributed by atoms with Crippen molar-refractivity contribution in [3.63, 3.8) is 0 Å². The first-order chi connectivity index (χ1) is 6.95. The van der Waals surface area contributed by atoms with Gasteiger partial charge in [-0.1, -0.05) is 20.8 Å². The second-order valence-electron chi connectivity index (χ2n) is 5.22. The molecule has 0 aromatic carbocycles. The quantitative estimate of drug-likeness (QED) is 0.595. The zero-order valence-electron chi connectivity index (χ0n) is 11.0. The number of alkyl halides is 1. The predicted octanol–water partition coefficient (Wildman–Crippen LogP) is 2.38. The molecule has 1 atom stereocenters. The fourth-order valence-corrected chi connectivity index (χ4v) is 1.70. The van der Waals surface area contributed by atoms with E-state index in [9.17, 15) is 0 Å². The van der Waals surface area contributed by atoms with Crippen LogP contribution in [0.2, 0.25) is 0 Å². The molecule has 0 saturated heterocycles. The summed E-state index contributed by atoms with van der Waals surface area (Å²) < 4.78 is 0. The van der Waals surface area contributed by atoms with E-state index in [0.29, 0.717) is 5.92 Å². The molecule has 1 unspecified atom stereocenters. The van der Waals surface area contributed by atoms with Crippen LogP contribution in [0.15, 0.2) is 0 Å². The number of rotatable bonds is 8. The van der Waals surface area contributed by atoms with Crippen LogP contribution in [-0.4, -0.2) is 56.0 Å². The maximum absolute atomic E-state index is 5.86. The highest BCUT2D eigenvalue weighted by molar-refractivity contribution is 6.18. The molecule has 0 aromatic rings. The Morgan fingerprint density at radius 2 is 1.60 bits per heavy atom. The Morgan fingerprint density at radius 1 is 1.00 bits per heavy atom. The standard InChI is InChI=1S/C12H27ClN2/c1-11(2)9-15(7-6-14(4)5)10-12(3)8-13/h11-12H,6-10H2,1-5H3. The predicted molar refractivity (Wildman–Crippen MR) is 69.7 cm³/mol. The SMILES string of the molecule is CC(C)CN(CCN(C)C)CC(C)CCl. The third kappa shape index (κ3) is 9.16. The van der Waals surface area contributed by atoms with Gasteiger partial charge in [0.2, 0.25) is 0 Å². The summed E-state index contributed by atoms with van der Waals surface area (Å²) in [5, 5.41) is 0. The molecule has 0 amide bonds. The van der Waals surface area contributed by atoms with Gasteiger partial charge in [0.25, 0.3) is 0 Å². The summed E-state index contributed by atoms with van der Waals surface area (Å²) in [5.74, 6) is 2.08. The van der Waals surface area contributed by atoms with Crippen molar-refractivity contribution < 1.29 is 0 Å². The molecule has 0 radical (unpaired) electrons. The van der Waals surface area contributed by atoms with Crippen LogP contribution in [-0.2, 0) is 0 Å². The summed E-state index contributed by atoms with van der Waals surface area (Å²) in [7, 11) is 4.25. The van der Waals surface area contributed by atoms with Crippen LogP contribution >= 0.6 is 11.6 Å². The Kier molecular flexibility index (Phi) is 8.49. The minimum Gasteiger partial charge on any atom is -0.308 e. The van der Waals surface area contributed by atoms with Gasteiger partial charge in [-0.2, -0.15) is 0 Å². The molecule has 2 nitrogen and oxygen atoms in total. The summed E-state index contributed by atoms with van der Waals surface area (Å²) in [6.45, 7) is 11.3. The van der Waals surface area contributed by atoms with Gasteiger partial charge in [0.05, 0.1) is 0 Å². The maximum atomic E-state index is 5.86. The molecule has 3 heteroatoms. The number of nitrogens with zero attached hydrogens (tertiary/aromatic N) is 2. The molecule has 0 N–H and O–H groups in total. The van der Waals surface area contributed by atoms with Crippen molar-refractivity contribution in [2.45, 2.75) is 20.8 Å². The first kappa shape index (κ1) is 15.2. The zero-order chi connectivity index (χ0) is 11.8. The van der Waals surface area contributed by atoms with Crippen molar-refractivity contribution in [3.05, 3.63) is 0 Å². The van der Waals surface area contributed by atoms with E-state index in [1.165, 1.54) is 6.54 Å². The molecule has 92 valence electrons. The molecule has 0 rings (SSSR count). The number of hydrogen-bond acceptors (Lipinski definition) is 2. The van der Waals surface area contributed by atoms with Crippen LogP contribution in [0.25, 0.3) is 0 Å². The zero-order valence-corrected chi connectivity index (χ0v) is 11.7. The van der Waals surface area contributed by atoms with Crippen LogP contribution in [0, 0.1) is 11.8 Å². The van der Waals surface area contributed by atoms with Crippen molar-refractivity contribution in [1.29, 1.82) is 0 Å². The Bertz CT molecular complexity index is 149. The summed E-state index contributed by atoms with van der Waals surface area (Å²) >= 11 is 5.86. The van der Waals surface area contributed by atoms with Gasteiger partial charge in [-0.05, 0) is 25.9 Å². The summed E-state index contributed by atoms with van der Waals surface area (Å²) in [5.41, 5.74) is 0. The molecular formula is C12H27ClN2. The molecule has 0 heterocycles. The van der Waals surface area contributed by atoms with Crippen LogP contribution in [0.5, 0.6) is 0 Å². The van der Waals surface area contributed by atoms with E-state index in [-0.39, 0.29) is 0 Å². The van der Waals surface area contributed by atoms with Gasteiger partial charge < -0.3 is 9.80 Å². The third-order valence-electron chi connectivity index (χ3n) is 2.32. The third-order valence-corrected chi connectivity index (χ3v) is 2.85. The van der Waals surface area contributed by atoms with Crippen LogP contribution in [0.4, 0.5) is 0 Å². The molecule has 0 fully saturated rings. The largest absolute Gasteiger partial charge is 0.308 e. The van der Waals surface area contributed by atoms with Gasteiger partial charge in [0, 0.05) is 32.1 Å². The molecule has 0 spiro atoms. The van der Waals surface area contributed by atoms with Gasteiger partial charge in [0.15, 0.2) is 0 Å². The number of halogens is 1. The van der Waals surface area contributed by atoms with Gasteiger partial charge in [-0.3, -0.25) is 0 Å². The fourth-order valence-electron chi connectivity index (χ4n) is 1.60. The van der Waals surface area contributed by atoms with E-state index in [0.717, 1.165) is 31.4 Å². The highest BCUT2D eigenvalue weighted by Crippen LogP contribution is 2.05. The van der Waals surface area contributed by atoms with Crippen molar-refractivity contribution in [1.82, 2.24) is 9.80 Å². The Labute approximate surface area is 101 Å². The lowest BCUT2D eigenvalue weighted by Crippen LogP contribution is -2.37. The van der Waals surface area contributed by atoms with E-state index in [4.69, 9.17) is 11.6 Å². The number of hydrogen-bond donors (Lipinski definition) is 0. The lowest BCUT2D eigenvalue weighted by molar-refractivity contribution is 0.200. The van der Waals surface area contributed by atoms with Crippen molar-refractivity contribution in [2.75, 3.05) is 46.2 Å². The second kappa shape index (κ2) is 8.37. The first-order valence-electron chi connectivity index (χ1n) is 5.88. The van der Waals surface area contributed by atoms with E-state index >= 15 is 0 Å². The normalized spacial score (nSPS) is 14.2. The average molecular weight is 235 g/mol. The van der Waals surface area contributed by atoms with Gasteiger partial charge in [0.1, 0.15) is 0 Å². The Hall–Kier alpha value is 0.210. The van der Waals surface area contributed by atoms with Crippen LogP contribution in [0.1, 0.15) is 20.8 Å². The molecular weight excluding hydrogens is 208 g/mol. The molecule has 0 aliphatic heterocycles. The Morgan fingerprint density at radius 3 is 2.00 bits per heavy atom. The first-order valence-corrected chi connectivity index (χ1v) is 6.42. The smallest absolute Gasteiger partial charge is 0.0261 e. The lowest BCUT2D eigenvalue weighted by atomic mass is 10.1. The maximum Gasteiger partial charge on any atom is 0.0261 e. The van der Waals surface area contributed by atoms with E-state index in [1.807, 2.05) is 0 Å². The minimum absolute atomic E-state index is 0.590. The van der Waals surface area contributed by atoms with Crippen molar-refractivity contribution in [3.8, 4) is 0 Å². The average Bonchev–Trinajstić information content (AvgIpc) is 2.13. The lowest BCUT2D eigenvalue weighted by Gasteiger charge is -2.27. The highest BCUT2D eigenvalue weighted by Gasteiger charge is 2.11. The van der Waals surface area contributed by atoms with Crippen molar-refractivity contribution in [2.24, 2.45) is 11.8 Å². The molecule has 0 saturated carbocycles. The van der Waals surface area contributed by atoms with E-state index < -0.39 is 0 Å². The van der Waals surface area contributed by atoms with E-state index in [1.54, 1.807) is 0 Å². The van der Waals surface area contributed by atoms with Crippen LogP contribution in [0.3, 0.4) is 0 Å². The summed E-state index contributed by atoms with van der Waals surface area (Å²) in [6.07, 6.45) is 0. The highest BCUT2D eigenvalue weighted by atomic mass is 35.5. The summed E-state index contributed by atoms with van der Waals surface area (Å²) in [4.78, 5) is 4.76.